The predicted octanol–water partition coefficient (Wildman–Crippen LogP) is 4.08. The zero-order chi connectivity index (χ0) is 24.1. The Bertz CT molecular complexity index is 1230. The Morgan fingerprint density at radius 3 is 2.65 bits per heavy atom. The van der Waals surface area contributed by atoms with Gasteiger partial charge in [0.05, 0.1) is 24.4 Å². The van der Waals surface area contributed by atoms with E-state index in [1.165, 1.54) is 18.3 Å². The number of hydrogen-bond donors (Lipinski definition) is 2. The monoisotopic (exact) mass is 482 g/mol. The van der Waals surface area contributed by atoms with E-state index in [2.05, 4.69) is 30.8 Å². The van der Waals surface area contributed by atoms with Crippen molar-refractivity contribution in [2.45, 2.75) is 13.8 Å². The zero-order valence-corrected chi connectivity index (χ0v) is 19.4. The summed E-state index contributed by atoms with van der Waals surface area (Å²) in [4.78, 5) is 26.1. The molecule has 12 heteroatoms. The van der Waals surface area contributed by atoms with Gasteiger partial charge in [-0.15, -0.1) is 0 Å². The zero-order valence-electron chi connectivity index (χ0n) is 18.7. The molecular formula is C22H23ClN8O3. The van der Waals surface area contributed by atoms with Gasteiger partial charge in [-0.25, -0.2) is 5.43 Å². The largest absolute Gasteiger partial charge is 0.378 e. The first-order chi connectivity index (χ1) is 16.4. The van der Waals surface area contributed by atoms with Gasteiger partial charge >= 0.3 is 0 Å². The van der Waals surface area contributed by atoms with E-state index >= 15 is 0 Å². The van der Waals surface area contributed by atoms with Crippen molar-refractivity contribution in [3.05, 3.63) is 68.2 Å². The lowest BCUT2D eigenvalue weighted by molar-refractivity contribution is -0.384. The molecule has 1 aliphatic rings. The van der Waals surface area contributed by atoms with Crippen molar-refractivity contribution < 1.29 is 9.66 Å². The molecule has 0 atom stereocenters. The molecule has 0 radical (unpaired) electrons. The Kier molecular flexibility index (Phi) is 7.14. The van der Waals surface area contributed by atoms with Crippen LogP contribution in [0.1, 0.15) is 16.7 Å². The molecule has 0 saturated carbocycles. The van der Waals surface area contributed by atoms with Gasteiger partial charge in [0, 0.05) is 30.4 Å². The number of hydrogen-bond acceptors (Lipinski definition) is 10. The minimum atomic E-state index is -0.543. The van der Waals surface area contributed by atoms with Crippen molar-refractivity contribution in [2.24, 2.45) is 5.10 Å². The maximum Gasteiger partial charge on any atom is 0.288 e. The minimum absolute atomic E-state index is 0.0601. The van der Waals surface area contributed by atoms with Crippen LogP contribution in [-0.2, 0) is 4.74 Å². The van der Waals surface area contributed by atoms with E-state index in [4.69, 9.17) is 16.3 Å². The van der Waals surface area contributed by atoms with E-state index in [1.807, 2.05) is 36.9 Å². The molecule has 2 heterocycles. The van der Waals surface area contributed by atoms with Crippen molar-refractivity contribution in [2.75, 3.05) is 41.9 Å². The van der Waals surface area contributed by atoms with Crippen molar-refractivity contribution in [3.63, 3.8) is 0 Å². The average Bonchev–Trinajstić information content (AvgIpc) is 2.83. The molecule has 1 aromatic heterocycles. The molecule has 1 saturated heterocycles. The molecule has 2 N–H and O–H groups in total. The number of nitro benzene ring substituents is 1. The average molecular weight is 483 g/mol. The number of benzene rings is 2. The van der Waals surface area contributed by atoms with Crippen LogP contribution < -0.4 is 15.6 Å². The molecule has 0 spiro atoms. The van der Waals surface area contributed by atoms with Gasteiger partial charge in [-0.1, -0.05) is 29.8 Å². The minimum Gasteiger partial charge on any atom is -0.378 e. The number of aryl methyl sites for hydroxylation is 2. The maximum absolute atomic E-state index is 11.1. The van der Waals surface area contributed by atoms with E-state index in [9.17, 15) is 10.1 Å². The summed E-state index contributed by atoms with van der Waals surface area (Å²) in [7, 11) is 0. The first kappa shape index (κ1) is 23.3. The second kappa shape index (κ2) is 10.4. The number of anilines is 4. The fourth-order valence-electron chi connectivity index (χ4n) is 3.28. The van der Waals surface area contributed by atoms with Gasteiger partial charge < -0.3 is 15.0 Å². The number of morpholine rings is 1. The Morgan fingerprint density at radius 2 is 1.88 bits per heavy atom. The summed E-state index contributed by atoms with van der Waals surface area (Å²) in [6, 6.07) is 10.5. The normalized spacial score (nSPS) is 13.8. The van der Waals surface area contributed by atoms with Crippen LogP contribution in [0, 0.1) is 24.0 Å². The van der Waals surface area contributed by atoms with E-state index in [0.29, 0.717) is 43.8 Å². The summed E-state index contributed by atoms with van der Waals surface area (Å²) in [5.74, 6) is 1.08. The summed E-state index contributed by atoms with van der Waals surface area (Å²) in [5, 5.41) is 18.6. The number of nitrogens with one attached hydrogen (secondary N) is 2. The lowest BCUT2D eigenvalue weighted by Crippen LogP contribution is -2.37. The van der Waals surface area contributed by atoms with E-state index in [0.717, 1.165) is 16.8 Å². The lowest BCUT2D eigenvalue weighted by atomic mass is 10.1. The topological polar surface area (TPSA) is 131 Å². The highest BCUT2D eigenvalue weighted by Crippen LogP contribution is 2.25. The van der Waals surface area contributed by atoms with Crippen LogP contribution in [0.5, 0.6) is 0 Å². The van der Waals surface area contributed by atoms with Crippen LogP contribution in [0.4, 0.5) is 29.2 Å². The standard InChI is InChI=1S/C22H23ClN8O3/c1-14-3-4-15(2)18(11-14)25-20-26-21(28-22(27-20)30-7-9-34-10-8-30)29-24-13-16-5-6-17(23)19(12-16)31(32)33/h3-6,11-13H,7-10H2,1-2H3,(H2,25,26,27,28,29). The maximum atomic E-state index is 11.1. The quantitative estimate of drug-likeness (QED) is 0.290. The predicted molar refractivity (Wildman–Crippen MR) is 131 cm³/mol. The van der Waals surface area contributed by atoms with Crippen LogP contribution >= 0.6 is 11.6 Å². The highest BCUT2D eigenvalue weighted by atomic mass is 35.5. The van der Waals surface area contributed by atoms with Gasteiger partial charge in [0.2, 0.25) is 17.8 Å². The van der Waals surface area contributed by atoms with Gasteiger partial charge in [0.25, 0.3) is 5.69 Å². The number of nitrogens with zero attached hydrogens (tertiary/aromatic N) is 6. The highest BCUT2D eigenvalue weighted by molar-refractivity contribution is 6.32. The summed E-state index contributed by atoms with van der Waals surface area (Å²) >= 11 is 5.87. The number of aromatic nitrogens is 3. The number of rotatable bonds is 7. The fourth-order valence-corrected chi connectivity index (χ4v) is 3.47. The number of nitro groups is 1. The van der Waals surface area contributed by atoms with Crippen molar-refractivity contribution in [3.8, 4) is 0 Å². The molecule has 1 fully saturated rings. The van der Waals surface area contributed by atoms with Gasteiger partial charge in [0.1, 0.15) is 5.02 Å². The van der Waals surface area contributed by atoms with Crippen LogP contribution in [0.25, 0.3) is 0 Å². The van der Waals surface area contributed by atoms with Crippen LogP contribution in [-0.4, -0.2) is 52.4 Å². The molecule has 11 nitrogen and oxygen atoms in total. The van der Waals surface area contributed by atoms with Crippen LogP contribution in [0.2, 0.25) is 5.02 Å². The van der Waals surface area contributed by atoms with Crippen molar-refractivity contribution in [1.29, 1.82) is 0 Å². The fraction of sp³-hybridized carbons (Fsp3) is 0.273. The molecule has 3 aromatic rings. The Hall–Kier alpha value is -3.83. The lowest BCUT2D eigenvalue weighted by Gasteiger charge is -2.27. The first-order valence-electron chi connectivity index (χ1n) is 10.5. The Morgan fingerprint density at radius 1 is 1.12 bits per heavy atom. The van der Waals surface area contributed by atoms with Gasteiger partial charge in [-0.3, -0.25) is 10.1 Å². The molecule has 1 aliphatic heterocycles. The molecule has 0 aliphatic carbocycles. The van der Waals surface area contributed by atoms with E-state index < -0.39 is 4.92 Å². The second-order valence-corrected chi connectivity index (χ2v) is 8.07. The van der Waals surface area contributed by atoms with Crippen molar-refractivity contribution in [1.82, 2.24) is 15.0 Å². The smallest absolute Gasteiger partial charge is 0.288 e. The van der Waals surface area contributed by atoms with Crippen molar-refractivity contribution >= 4 is 47.0 Å². The third-order valence-electron chi connectivity index (χ3n) is 5.10. The molecule has 0 unspecified atom stereocenters. The second-order valence-electron chi connectivity index (χ2n) is 7.66. The molecule has 0 bridgehead atoms. The third kappa shape index (κ3) is 5.74. The first-order valence-corrected chi connectivity index (χ1v) is 10.9. The number of halogens is 1. The molecular weight excluding hydrogens is 460 g/mol. The van der Waals surface area contributed by atoms with E-state index in [1.54, 1.807) is 6.07 Å². The molecule has 2 aromatic carbocycles. The number of ether oxygens (including phenoxy) is 1. The third-order valence-corrected chi connectivity index (χ3v) is 5.42. The Balaban J connectivity index is 1.60. The highest BCUT2D eigenvalue weighted by Gasteiger charge is 2.17. The molecule has 34 heavy (non-hydrogen) atoms. The molecule has 176 valence electrons. The van der Waals surface area contributed by atoms with Crippen LogP contribution in [0.3, 0.4) is 0 Å². The summed E-state index contributed by atoms with van der Waals surface area (Å²) in [6.07, 6.45) is 1.43. The Labute approximate surface area is 201 Å². The summed E-state index contributed by atoms with van der Waals surface area (Å²) in [6.45, 7) is 6.50. The molecule has 0 amide bonds. The van der Waals surface area contributed by atoms with Crippen LogP contribution in [0.15, 0.2) is 41.5 Å². The summed E-state index contributed by atoms with van der Waals surface area (Å²) in [5.41, 5.74) is 6.15. The van der Waals surface area contributed by atoms with Gasteiger partial charge in [-0.05, 0) is 37.1 Å². The van der Waals surface area contributed by atoms with Gasteiger partial charge in [0.15, 0.2) is 0 Å². The van der Waals surface area contributed by atoms with E-state index in [-0.39, 0.29) is 16.7 Å². The summed E-state index contributed by atoms with van der Waals surface area (Å²) < 4.78 is 5.43. The van der Waals surface area contributed by atoms with Gasteiger partial charge in [-0.2, -0.15) is 20.1 Å². The molecule has 4 rings (SSSR count). The SMILES string of the molecule is Cc1ccc(C)c(Nc2nc(NN=Cc3ccc(Cl)c([N+](=O)[O-])c3)nc(N3CCOCC3)n2)c1. The number of hydrazone groups is 1.